The third-order valence-electron chi connectivity index (χ3n) is 7.72. The lowest BCUT2D eigenvalue weighted by Crippen LogP contribution is -2.58. The van der Waals surface area contributed by atoms with Crippen LogP contribution in [0.25, 0.3) is 32.7 Å². The predicted molar refractivity (Wildman–Crippen MR) is 156 cm³/mol. The van der Waals surface area contributed by atoms with Gasteiger partial charge in [-0.3, -0.25) is 4.98 Å². The van der Waals surface area contributed by atoms with Gasteiger partial charge < -0.3 is 4.90 Å². The first-order valence-corrected chi connectivity index (χ1v) is 15.5. The van der Waals surface area contributed by atoms with Crippen LogP contribution in [-0.4, -0.2) is 13.1 Å². The summed E-state index contributed by atoms with van der Waals surface area (Å²) in [6, 6.07) is 39.7. The molecule has 1 aromatic heterocycles. The summed E-state index contributed by atoms with van der Waals surface area (Å²) in [5.74, 6) is 0. The molecule has 0 radical (unpaired) electrons. The number of fused-ring (bicyclic) bond motifs is 4. The molecule has 0 atom stereocenters. The molecule has 2 nitrogen and oxygen atoms in total. The topological polar surface area (TPSA) is 16.1 Å². The van der Waals surface area contributed by atoms with Crippen LogP contribution >= 0.6 is 0 Å². The van der Waals surface area contributed by atoms with Crippen molar-refractivity contribution in [3.05, 3.63) is 122 Å². The van der Waals surface area contributed by atoms with Crippen LogP contribution in [0.5, 0.6) is 0 Å². The zero-order valence-corrected chi connectivity index (χ0v) is 21.4. The molecular weight excluding hydrogens is 452 g/mol. The maximum absolute atomic E-state index is 4.63. The van der Waals surface area contributed by atoms with Crippen molar-refractivity contribution in [3.63, 3.8) is 0 Å². The fourth-order valence-corrected chi connectivity index (χ4v) is 9.05. The Bertz CT molecular complexity index is 1670. The van der Waals surface area contributed by atoms with Crippen molar-refractivity contribution in [2.24, 2.45) is 0 Å². The third-order valence-corrected chi connectivity index (χ3v) is 11.3. The average molecular weight is 479 g/mol. The summed E-state index contributed by atoms with van der Waals surface area (Å²) in [6.07, 6.45) is 3.97. The number of benzene rings is 5. The van der Waals surface area contributed by atoms with E-state index in [9.17, 15) is 0 Å². The van der Waals surface area contributed by atoms with Gasteiger partial charge in [0, 0.05) is 34.5 Å². The molecule has 6 aromatic rings. The largest absolute Gasteiger partial charge is 0.309 e. The fourth-order valence-electron chi connectivity index (χ4n) is 6.07. The first-order valence-electron chi connectivity index (χ1n) is 12.5. The van der Waals surface area contributed by atoms with E-state index in [4.69, 9.17) is 0 Å². The Kier molecular flexibility index (Phi) is 4.63. The van der Waals surface area contributed by atoms with Gasteiger partial charge in [-0.05, 0) is 50.5 Å². The van der Waals surface area contributed by atoms with E-state index in [1.165, 1.54) is 60.1 Å². The number of rotatable bonds is 2. The quantitative estimate of drug-likeness (QED) is 0.188. The summed E-state index contributed by atoms with van der Waals surface area (Å²) in [5, 5.41) is 7.83. The number of hydrogen-bond acceptors (Lipinski definition) is 2. The molecule has 0 fully saturated rings. The van der Waals surface area contributed by atoms with E-state index in [0.29, 0.717) is 0 Å². The maximum Gasteiger partial charge on any atom is 0.117 e. The third kappa shape index (κ3) is 2.93. The molecule has 0 unspecified atom stereocenters. The molecule has 1 aliphatic heterocycles. The molecule has 0 saturated heterocycles. The second kappa shape index (κ2) is 7.90. The molecule has 1 aliphatic rings. The highest BCUT2D eigenvalue weighted by Crippen LogP contribution is 2.48. The van der Waals surface area contributed by atoms with Gasteiger partial charge >= 0.3 is 0 Å². The van der Waals surface area contributed by atoms with Crippen LogP contribution in [0, 0.1) is 0 Å². The molecule has 36 heavy (non-hydrogen) atoms. The normalized spacial score (nSPS) is 14.0. The molecule has 0 aliphatic carbocycles. The lowest BCUT2D eigenvalue weighted by molar-refractivity contribution is 1.30. The van der Waals surface area contributed by atoms with Crippen molar-refractivity contribution in [1.29, 1.82) is 0 Å². The highest BCUT2D eigenvalue weighted by molar-refractivity contribution is 7.02. The van der Waals surface area contributed by atoms with Gasteiger partial charge in [0.05, 0.1) is 5.69 Å². The standard InChI is InChI=1S/C33H26N2Si/c1-36(2)30-18-10-8-16-28(30)35(29-17-9-11-19-31(29)36)33-26-15-7-6-14-24(26)32(23-12-4-3-5-13-23)25-20-21-34-22-27(25)33/h3-22H,1-2H3. The summed E-state index contributed by atoms with van der Waals surface area (Å²) >= 11 is 0. The van der Waals surface area contributed by atoms with Crippen molar-refractivity contribution in [3.8, 4) is 11.1 Å². The molecule has 2 heterocycles. The van der Waals surface area contributed by atoms with E-state index in [1.807, 2.05) is 12.4 Å². The van der Waals surface area contributed by atoms with Gasteiger partial charge in [0.15, 0.2) is 0 Å². The molecule has 5 aromatic carbocycles. The minimum Gasteiger partial charge on any atom is -0.309 e. The molecule has 0 amide bonds. The minimum atomic E-state index is -1.86. The molecular formula is C33H26N2Si. The summed E-state index contributed by atoms with van der Waals surface area (Å²) in [5.41, 5.74) is 6.27. The summed E-state index contributed by atoms with van der Waals surface area (Å²) < 4.78 is 0. The second-order valence-corrected chi connectivity index (χ2v) is 14.4. The first kappa shape index (κ1) is 21.1. The Morgan fingerprint density at radius 1 is 0.556 bits per heavy atom. The number of nitrogens with zero attached hydrogens (tertiary/aromatic N) is 2. The van der Waals surface area contributed by atoms with Crippen LogP contribution in [0.3, 0.4) is 0 Å². The number of anilines is 3. The Labute approximate surface area is 212 Å². The van der Waals surface area contributed by atoms with E-state index in [2.05, 4.69) is 132 Å². The zero-order chi connectivity index (χ0) is 24.3. The molecule has 3 heteroatoms. The van der Waals surface area contributed by atoms with Crippen molar-refractivity contribution in [2.75, 3.05) is 4.90 Å². The summed E-state index contributed by atoms with van der Waals surface area (Å²) in [6.45, 7) is 4.94. The van der Waals surface area contributed by atoms with E-state index < -0.39 is 8.07 Å². The lowest BCUT2D eigenvalue weighted by atomic mass is 9.90. The van der Waals surface area contributed by atoms with E-state index >= 15 is 0 Å². The number of para-hydroxylation sites is 2. The Morgan fingerprint density at radius 3 is 1.81 bits per heavy atom. The van der Waals surface area contributed by atoms with Crippen LogP contribution in [0.4, 0.5) is 17.1 Å². The van der Waals surface area contributed by atoms with Gasteiger partial charge in [-0.2, -0.15) is 0 Å². The van der Waals surface area contributed by atoms with Gasteiger partial charge in [-0.1, -0.05) is 104 Å². The van der Waals surface area contributed by atoms with Crippen molar-refractivity contribution < 1.29 is 0 Å². The number of pyridine rings is 1. The zero-order valence-electron chi connectivity index (χ0n) is 20.4. The monoisotopic (exact) mass is 478 g/mol. The molecule has 0 spiro atoms. The molecule has 0 bridgehead atoms. The minimum absolute atomic E-state index is 1.17. The molecule has 0 saturated carbocycles. The Hall–Kier alpha value is -4.21. The van der Waals surface area contributed by atoms with E-state index in [1.54, 1.807) is 0 Å². The van der Waals surface area contributed by atoms with Crippen LogP contribution in [0.15, 0.2) is 122 Å². The molecule has 172 valence electrons. The van der Waals surface area contributed by atoms with Gasteiger partial charge in [0.2, 0.25) is 0 Å². The van der Waals surface area contributed by atoms with Gasteiger partial charge in [0.25, 0.3) is 0 Å². The van der Waals surface area contributed by atoms with Crippen molar-refractivity contribution >= 4 is 57.1 Å². The van der Waals surface area contributed by atoms with Gasteiger partial charge in [-0.25, -0.2) is 0 Å². The summed E-state index contributed by atoms with van der Waals surface area (Å²) in [4.78, 5) is 7.14. The van der Waals surface area contributed by atoms with Crippen LogP contribution < -0.4 is 15.3 Å². The molecule has 0 N–H and O–H groups in total. The second-order valence-electron chi connectivity index (χ2n) is 10.1. The van der Waals surface area contributed by atoms with E-state index in [0.717, 1.165) is 0 Å². The van der Waals surface area contributed by atoms with E-state index in [-0.39, 0.29) is 0 Å². The molecule has 7 rings (SSSR count). The highest BCUT2D eigenvalue weighted by Gasteiger charge is 2.39. The first-order chi connectivity index (χ1) is 17.7. The Morgan fingerprint density at radius 2 is 1.11 bits per heavy atom. The van der Waals surface area contributed by atoms with Crippen molar-refractivity contribution in [1.82, 2.24) is 4.98 Å². The number of aromatic nitrogens is 1. The smallest absolute Gasteiger partial charge is 0.117 e. The van der Waals surface area contributed by atoms with Crippen LogP contribution in [0.2, 0.25) is 13.1 Å². The van der Waals surface area contributed by atoms with Crippen LogP contribution in [0.1, 0.15) is 0 Å². The predicted octanol–water partition coefficient (Wildman–Crippen LogP) is 7.66. The maximum atomic E-state index is 4.63. The Balaban J connectivity index is 1.67. The average Bonchev–Trinajstić information content (AvgIpc) is 2.93. The summed E-state index contributed by atoms with van der Waals surface area (Å²) in [7, 11) is -1.86. The van der Waals surface area contributed by atoms with Gasteiger partial charge in [0.1, 0.15) is 8.07 Å². The van der Waals surface area contributed by atoms with Crippen LogP contribution in [-0.2, 0) is 0 Å². The van der Waals surface area contributed by atoms with Gasteiger partial charge in [-0.15, -0.1) is 0 Å². The highest BCUT2D eigenvalue weighted by atomic mass is 28.3. The number of hydrogen-bond donors (Lipinski definition) is 0. The van der Waals surface area contributed by atoms with Crippen molar-refractivity contribution in [2.45, 2.75) is 13.1 Å². The lowest BCUT2D eigenvalue weighted by Gasteiger charge is -2.41. The fraction of sp³-hybridized carbons (Fsp3) is 0.0606. The SMILES string of the molecule is C[Si]1(C)c2ccccc2N(c2c3ccccc3c(-c3ccccc3)c3ccncc23)c2ccccc21.